The molecule has 0 saturated heterocycles. The molecule has 0 fully saturated rings. The molecule has 0 radical (unpaired) electrons. The van der Waals surface area contributed by atoms with Gasteiger partial charge in [-0.05, 0) is 24.3 Å². The molecule has 29 heavy (non-hydrogen) atoms. The first kappa shape index (κ1) is 19.7. The summed E-state index contributed by atoms with van der Waals surface area (Å²) in [6.07, 6.45) is 2.06. The number of hydrogen-bond acceptors (Lipinski definition) is 7. The number of hydrogen-bond donors (Lipinski definition) is 5. The van der Waals surface area contributed by atoms with Crippen LogP contribution in [-0.2, 0) is 0 Å². The number of amides is 1. The van der Waals surface area contributed by atoms with Crippen molar-refractivity contribution in [2.45, 2.75) is 0 Å². The number of nitrogens with one attached hydrogen (secondary N) is 4. The number of carbonyl (C=O) groups is 1. The Morgan fingerprint density at radius 2 is 2.03 bits per heavy atom. The van der Waals surface area contributed by atoms with Crippen LogP contribution in [0.15, 0.2) is 41.1 Å². The van der Waals surface area contributed by atoms with E-state index in [0.717, 1.165) is 6.07 Å². The van der Waals surface area contributed by atoms with E-state index in [9.17, 15) is 13.6 Å². The van der Waals surface area contributed by atoms with E-state index in [-0.39, 0.29) is 39.7 Å². The topological polar surface area (TPSA) is 141 Å². The van der Waals surface area contributed by atoms with Gasteiger partial charge in [0.2, 0.25) is 0 Å². The smallest absolute Gasteiger partial charge is 0.261 e. The lowest BCUT2D eigenvalue weighted by Crippen LogP contribution is -2.18. The van der Waals surface area contributed by atoms with E-state index >= 15 is 0 Å². The Balaban J connectivity index is 1.95. The van der Waals surface area contributed by atoms with Gasteiger partial charge in [-0.15, -0.1) is 0 Å². The molecule has 0 bridgehead atoms. The lowest BCUT2D eigenvalue weighted by molar-refractivity contribution is 0.101. The number of nitrogens with zero attached hydrogens (tertiary/aromatic N) is 1. The van der Waals surface area contributed by atoms with E-state index in [1.165, 1.54) is 37.5 Å². The highest BCUT2D eigenvalue weighted by Crippen LogP contribution is 2.26. The minimum atomic E-state index is -1.16. The minimum absolute atomic E-state index is 0.0434. The maximum Gasteiger partial charge on any atom is 0.261 e. The van der Waals surface area contributed by atoms with E-state index in [0.29, 0.717) is 6.21 Å². The Morgan fingerprint density at radius 3 is 2.66 bits per heavy atom. The highest BCUT2D eigenvalue weighted by Gasteiger charge is 2.23. The van der Waals surface area contributed by atoms with Crippen molar-refractivity contribution in [2.24, 2.45) is 0 Å². The fourth-order valence-corrected chi connectivity index (χ4v) is 2.71. The van der Waals surface area contributed by atoms with Crippen LogP contribution < -0.4 is 16.4 Å². The molecule has 8 nitrogen and oxygen atoms in total. The fourth-order valence-electron chi connectivity index (χ4n) is 2.71. The van der Waals surface area contributed by atoms with Crippen molar-refractivity contribution in [1.82, 2.24) is 5.16 Å². The Kier molecular flexibility index (Phi) is 5.35. The van der Waals surface area contributed by atoms with Gasteiger partial charge in [-0.25, -0.2) is 8.78 Å². The zero-order valence-electron chi connectivity index (χ0n) is 15.1. The van der Waals surface area contributed by atoms with Gasteiger partial charge in [0, 0.05) is 42.0 Å². The third kappa shape index (κ3) is 3.68. The molecule has 0 unspecified atom stereocenters. The van der Waals surface area contributed by atoms with Gasteiger partial charge in [0.05, 0.1) is 11.8 Å². The summed E-state index contributed by atoms with van der Waals surface area (Å²) in [6.45, 7) is 0. The number of nitrogen functional groups attached to an aromatic ring is 1. The van der Waals surface area contributed by atoms with Crippen LogP contribution in [0.25, 0.3) is 0 Å². The molecule has 3 aromatic rings. The SMILES string of the molecule is CNc1cc(F)c(C(=O)Nc2ccc(N)c(C(=N)c3ccno3)c2)c(F)c1C=N. The molecule has 1 heterocycles. The van der Waals surface area contributed by atoms with Crippen LogP contribution in [0.1, 0.15) is 27.2 Å². The molecule has 0 spiro atoms. The molecular weight excluding hydrogens is 382 g/mol. The summed E-state index contributed by atoms with van der Waals surface area (Å²) in [5, 5.41) is 24.0. The number of nitrogens with two attached hydrogens (primary N) is 1. The molecule has 1 amide bonds. The van der Waals surface area contributed by atoms with Crippen molar-refractivity contribution in [3.63, 3.8) is 0 Å². The molecule has 0 aliphatic carbocycles. The first-order valence-electron chi connectivity index (χ1n) is 8.28. The molecule has 148 valence electrons. The summed E-state index contributed by atoms with van der Waals surface area (Å²) in [5.41, 5.74) is 5.43. The van der Waals surface area contributed by atoms with Crippen LogP contribution in [0, 0.1) is 22.5 Å². The molecule has 6 N–H and O–H groups in total. The van der Waals surface area contributed by atoms with Crippen LogP contribution in [0.5, 0.6) is 0 Å². The molecule has 0 atom stereocenters. The minimum Gasteiger partial charge on any atom is -0.398 e. The Morgan fingerprint density at radius 1 is 1.28 bits per heavy atom. The average Bonchev–Trinajstić information content (AvgIpc) is 3.23. The highest BCUT2D eigenvalue weighted by atomic mass is 19.1. The predicted molar refractivity (Wildman–Crippen MR) is 105 cm³/mol. The van der Waals surface area contributed by atoms with Crippen molar-refractivity contribution in [2.75, 3.05) is 23.4 Å². The number of carbonyl (C=O) groups excluding carboxylic acids is 1. The Bertz CT molecular complexity index is 1110. The second kappa shape index (κ2) is 7.89. The van der Waals surface area contributed by atoms with Gasteiger partial charge in [-0.2, -0.15) is 0 Å². The summed E-state index contributed by atoms with van der Waals surface area (Å²) in [6, 6.07) is 6.66. The van der Waals surface area contributed by atoms with Gasteiger partial charge in [0.25, 0.3) is 5.91 Å². The zero-order chi connectivity index (χ0) is 21.1. The van der Waals surface area contributed by atoms with E-state index in [4.69, 9.17) is 21.1 Å². The van der Waals surface area contributed by atoms with E-state index in [1.807, 2.05) is 0 Å². The van der Waals surface area contributed by atoms with Crippen molar-refractivity contribution in [3.05, 3.63) is 70.6 Å². The maximum absolute atomic E-state index is 14.6. The number of halogens is 2. The van der Waals surface area contributed by atoms with Gasteiger partial charge < -0.3 is 26.3 Å². The van der Waals surface area contributed by atoms with Gasteiger partial charge in [-0.1, -0.05) is 5.16 Å². The van der Waals surface area contributed by atoms with Crippen LogP contribution >= 0.6 is 0 Å². The number of benzene rings is 2. The summed E-state index contributed by atoms with van der Waals surface area (Å²) >= 11 is 0. The molecule has 10 heteroatoms. The standard InChI is InChI=1S/C19H16F2N6O2/c1-25-14-7-12(20)16(17(21)11(14)8-22)19(28)27-9-2-3-13(23)10(6-9)18(24)15-4-5-26-29-15/h2-8,22,24-25H,23H2,1H3,(H,27,28). The van der Waals surface area contributed by atoms with Gasteiger partial charge >= 0.3 is 0 Å². The van der Waals surface area contributed by atoms with Crippen molar-refractivity contribution in [3.8, 4) is 0 Å². The van der Waals surface area contributed by atoms with Gasteiger partial charge in [0.1, 0.15) is 22.9 Å². The van der Waals surface area contributed by atoms with E-state index in [1.54, 1.807) is 0 Å². The second-order valence-corrected chi connectivity index (χ2v) is 5.91. The first-order chi connectivity index (χ1) is 13.9. The summed E-state index contributed by atoms with van der Waals surface area (Å²) in [7, 11) is 1.44. The van der Waals surface area contributed by atoms with Crippen LogP contribution in [0.2, 0.25) is 0 Å². The molecule has 1 aromatic heterocycles. The predicted octanol–water partition coefficient (Wildman–Crippen LogP) is 3.24. The quantitative estimate of drug-likeness (QED) is 0.320. The number of aromatic nitrogens is 1. The van der Waals surface area contributed by atoms with Crippen LogP contribution in [0.3, 0.4) is 0 Å². The maximum atomic E-state index is 14.6. The third-order valence-corrected chi connectivity index (χ3v) is 4.16. The summed E-state index contributed by atoms with van der Waals surface area (Å²) < 4.78 is 33.9. The summed E-state index contributed by atoms with van der Waals surface area (Å²) in [4.78, 5) is 12.5. The summed E-state index contributed by atoms with van der Waals surface area (Å²) in [5.74, 6) is -3.13. The molecule has 0 aliphatic rings. The third-order valence-electron chi connectivity index (χ3n) is 4.16. The molecule has 0 aliphatic heterocycles. The first-order valence-corrected chi connectivity index (χ1v) is 8.28. The van der Waals surface area contributed by atoms with Crippen molar-refractivity contribution in [1.29, 1.82) is 10.8 Å². The molecule has 2 aromatic carbocycles. The Labute approximate surface area is 163 Å². The zero-order valence-corrected chi connectivity index (χ0v) is 15.1. The molecular formula is C19H16F2N6O2. The fraction of sp³-hybridized carbons (Fsp3) is 0.0526. The normalized spacial score (nSPS) is 10.4. The lowest BCUT2D eigenvalue weighted by atomic mass is 10.0. The van der Waals surface area contributed by atoms with Crippen LogP contribution in [0.4, 0.5) is 25.8 Å². The second-order valence-electron chi connectivity index (χ2n) is 5.91. The number of anilines is 3. The average molecular weight is 398 g/mol. The van der Waals surface area contributed by atoms with Gasteiger partial charge in [0.15, 0.2) is 5.76 Å². The van der Waals surface area contributed by atoms with Gasteiger partial charge in [-0.3, -0.25) is 10.2 Å². The van der Waals surface area contributed by atoms with Crippen LogP contribution in [-0.4, -0.2) is 30.0 Å². The number of rotatable bonds is 6. The monoisotopic (exact) mass is 398 g/mol. The Hall–Kier alpha value is -4.08. The van der Waals surface area contributed by atoms with Crippen molar-refractivity contribution < 1.29 is 18.1 Å². The highest BCUT2D eigenvalue weighted by molar-refractivity contribution is 6.13. The van der Waals surface area contributed by atoms with Crippen molar-refractivity contribution >= 4 is 34.9 Å². The molecule has 3 rings (SSSR count). The molecule has 0 saturated carbocycles. The largest absolute Gasteiger partial charge is 0.398 e. The lowest BCUT2D eigenvalue weighted by Gasteiger charge is -2.13. The van der Waals surface area contributed by atoms with E-state index in [2.05, 4.69) is 15.8 Å². The van der Waals surface area contributed by atoms with E-state index < -0.39 is 23.1 Å².